The summed E-state index contributed by atoms with van der Waals surface area (Å²) in [5.41, 5.74) is 0. The summed E-state index contributed by atoms with van der Waals surface area (Å²) < 4.78 is 0. The smallest absolute Gasteiger partial charge is 0.0445 e. The first kappa shape index (κ1) is 9.71. The van der Waals surface area contributed by atoms with E-state index in [9.17, 15) is 0 Å². The Labute approximate surface area is 77.2 Å². The third kappa shape index (κ3) is 3.34. The fourth-order valence-electron chi connectivity index (χ4n) is 0.984. The Morgan fingerprint density at radius 3 is 3.08 bits per heavy atom. The lowest BCUT2D eigenvalue weighted by Crippen LogP contribution is -2.25. The van der Waals surface area contributed by atoms with Crippen molar-refractivity contribution in [2.24, 2.45) is 0 Å². The van der Waals surface area contributed by atoms with Crippen molar-refractivity contribution in [3.8, 4) is 0 Å². The van der Waals surface area contributed by atoms with Gasteiger partial charge in [0.2, 0.25) is 0 Å². The van der Waals surface area contributed by atoms with Crippen molar-refractivity contribution in [3.63, 3.8) is 0 Å². The maximum absolute atomic E-state index is 8.66. The lowest BCUT2D eigenvalue weighted by Gasteiger charge is -2.10. The summed E-state index contributed by atoms with van der Waals surface area (Å²) in [5.74, 6) is 0. The van der Waals surface area contributed by atoms with Crippen LogP contribution in [0.4, 0.5) is 0 Å². The Kier molecular flexibility index (Phi) is 4.29. The summed E-state index contributed by atoms with van der Waals surface area (Å²) in [4.78, 5) is 1.35. The number of hydrogen-bond acceptors (Lipinski definition) is 3. The highest BCUT2D eigenvalue weighted by Crippen LogP contribution is 2.07. The molecular formula is C9H15NOS. The molecule has 0 saturated carbocycles. The predicted octanol–water partition coefficient (Wildman–Crippen LogP) is 1.61. The normalized spacial score (nSPS) is 13.2. The molecule has 0 spiro atoms. The summed E-state index contributed by atoms with van der Waals surface area (Å²) in [5, 5.41) is 14.1. The average Bonchev–Trinajstić information content (AvgIpc) is 2.53. The van der Waals surface area contributed by atoms with Crippen LogP contribution in [-0.2, 0) is 6.54 Å². The van der Waals surface area contributed by atoms with E-state index in [1.54, 1.807) is 11.3 Å². The van der Waals surface area contributed by atoms with Gasteiger partial charge in [-0.15, -0.1) is 11.3 Å². The van der Waals surface area contributed by atoms with Gasteiger partial charge >= 0.3 is 0 Å². The number of aliphatic hydroxyl groups is 1. The second-order valence-electron chi connectivity index (χ2n) is 2.87. The molecular weight excluding hydrogens is 170 g/mol. The van der Waals surface area contributed by atoms with Gasteiger partial charge in [-0.2, -0.15) is 0 Å². The summed E-state index contributed by atoms with van der Waals surface area (Å²) in [6, 6.07) is 4.57. The maximum Gasteiger partial charge on any atom is 0.0445 e. The zero-order valence-electron chi connectivity index (χ0n) is 7.29. The van der Waals surface area contributed by atoms with E-state index >= 15 is 0 Å². The van der Waals surface area contributed by atoms with Crippen molar-refractivity contribution >= 4 is 11.3 Å². The van der Waals surface area contributed by atoms with Crippen LogP contribution in [-0.4, -0.2) is 17.8 Å². The standard InChI is InChI=1S/C9H15NOS/c1-8(4-5-11)10-7-9-3-2-6-12-9/h2-3,6,8,10-11H,4-5,7H2,1H3. The van der Waals surface area contributed by atoms with E-state index in [1.165, 1.54) is 4.88 Å². The molecule has 0 aliphatic heterocycles. The van der Waals surface area contributed by atoms with Crippen LogP contribution < -0.4 is 5.32 Å². The Balaban J connectivity index is 2.17. The Morgan fingerprint density at radius 2 is 2.50 bits per heavy atom. The van der Waals surface area contributed by atoms with Gasteiger partial charge in [0, 0.05) is 24.1 Å². The SMILES string of the molecule is CC(CCO)NCc1cccs1. The van der Waals surface area contributed by atoms with Gasteiger partial charge in [0.1, 0.15) is 0 Å². The lowest BCUT2D eigenvalue weighted by atomic mass is 10.2. The highest BCUT2D eigenvalue weighted by Gasteiger charge is 1.99. The van der Waals surface area contributed by atoms with Crippen molar-refractivity contribution in [2.75, 3.05) is 6.61 Å². The quantitative estimate of drug-likeness (QED) is 0.730. The van der Waals surface area contributed by atoms with Gasteiger partial charge in [-0.05, 0) is 24.8 Å². The fraction of sp³-hybridized carbons (Fsp3) is 0.556. The van der Waals surface area contributed by atoms with Gasteiger partial charge in [0.25, 0.3) is 0 Å². The van der Waals surface area contributed by atoms with Gasteiger partial charge < -0.3 is 10.4 Å². The van der Waals surface area contributed by atoms with Crippen LogP contribution in [0.25, 0.3) is 0 Å². The third-order valence-electron chi connectivity index (χ3n) is 1.77. The van der Waals surface area contributed by atoms with E-state index in [-0.39, 0.29) is 6.61 Å². The van der Waals surface area contributed by atoms with Crippen LogP contribution in [0.5, 0.6) is 0 Å². The molecule has 0 saturated heterocycles. The minimum atomic E-state index is 0.263. The highest BCUT2D eigenvalue weighted by molar-refractivity contribution is 7.09. The molecule has 0 amide bonds. The summed E-state index contributed by atoms with van der Waals surface area (Å²) in [6.45, 7) is 3.27. The highest BCUT2D eigenvalue weighted by atomic mass is 32.1. The number of aliphatic hydroxyl groups excluding tert-OH is 1. The van der Waals surface area contributed by atoms with Crippen LogP contribution in [0.3, 0.4) is 0 Å². The van der Waals surface area contributed by atoms with E-state index in [1.807, 2.05) is 0 Å². The van der Waals surface area contributed by atoms with Gasteiger partial charge in [-0.25, -0.2) is 0 Å². The average molecular weight is 185 g/mol. The molecule has 0 bridgehead atoms. The Hall–Kier alpha value is -0.380. The fourth-order valence-corrected chi connectivity index (χ4v) is 1.64. The molecule has 0 fully saturated rings. The van der Waals surface area contributed by atoms with E-state index in [4.69, 9.17) is 5.11 Å². The largest absolute Gasteiger partial charge is 0.396 e. The molecule has 0 radical (unpaired) electrons. The van der Waals surface area contributed by atoms with Gasteiger partial charge in [0.05, 0.1) is 0 Å². The molecule has 2 nitrogen and oxygen atoms in total. The first-order valence-corrected chi connectivity index (χ1v) is 5.07. The molecule has 1 aromatic heterocycles. The van der Waals surface area contributed by atoms with Crippen molar-refractivity contribution in [1.29, 1.82) is 0 Å². The molecule has 1 rings (SSSR count). The molecule has 1 heterocycles. The second kappa shape index (κ2) is 5.30. The minimum Gasteiger partial charge on any atom is -0.396 e. The van der Waals surface area contributed by atoms with E-state index in [2.05, 4.69) is 29.8 Å². The van der Waals surface area contributed by atoms with E-state index < -0.39 is 0 Å². The molecule has 1 atom stereocenters. The summed E-state index contributed by atoms with van der Waals surface area (Å²) in [7, 11) is 0. The molecule has 68 valence electrons. The second-order valence-corrected chi connectivity index (χ2v) is 3.91. The molecule has 0 aliphatic rings. The van der Waals surface area contributed by atoms with Crippen molar-refractivity contribution in [1.82, 2.24) is 5.32 Å². The van der Waals surface area contributed by atoms with Gasteiger partial charge in [-0.3, -0.25) is 0 Å². The van der Waals surface area contributed by atoms with Crippen molar-refractivity contribution in [3.05, 3.63) is 22.4 Å². The van der Waals surface area contributed by atoms with Crippen LogP contribution in [0.1, 0.15) is 18.2 Å². The lowest BCUT2D eigenvalue weighted by molar-refractivity contribution is 0.269. The van der Waals surface area contributed by atoms with Crippen LogP contribution in [0.15, 0.2) is 17.5 Å². The Bertz CT molecular complexity index is 198. The number of nitrogens with one attached hydrogen (secondary N) is 1. The molecule has 0 aromatic carbocycles. The molecule has 12 heavy (non-hydrogen) atoms. The molecule has 2 N–H and O–H groups in total. The predicted molar refractivity (Wildman–Crippen MR) is 52.3 cm³/mol. The van der Waals surface area contributed by atoms with Crippen LogP contribution in [0.2, 0.25) is 0 Å². The molecule has 1 aromatic rings. The molecule has 1 unspecified atom stereocenters. The minimum absolute atomic E-state index is 0.263. The Morgan fingerprint density at radius 1 is 1.67 bits per heavy atom. The van der Waals surface area contributed by atoms with E-state index in [0.29, 0.717) is 6.04 Å². The van der Waals surface area contributed by atoms with Crippen molar-refractivity contribution < 1.29 is 5.11 Å². The molecule has 0 aliphatic carbocycles. The zero-order chi connectivity index (χ0) is 8.81. The van der Waals surface area contributed by atoms with Gasteiger partial charge in [-0.1, -0.05) is 6.07 Å². The van der Waals surface area contributed by atoms with Crippen LogP contribution in [0, 0.1) is 0 Å². The maximum atomic E-state index is 8.66. The first-order chi connectivity index (χ1) is 5.83. The summed E-state index contributed by atoms with van der Waals surface area (Å²) >= 11 is 1.76. The first-order valence-electron chi connectivity index (χ1n) is 4.19. The number of thiophene rings is 1. The summed E-state index contributed by atoms with van der Waals surface area (Å²) in [6.07, 6.45) is 0.825. The number of hydrogen-bond donors (Lipinski definition) is 2. The van der Waals surface area contributed by atoms with Crippen molar-refractivity contribution in [2.45, 2.75) is 25.9 Å². The molecule has 3 heteroatoms. The monoisotopic (exact) mass is 185 g/mol. The zero-order valence-corrected chi connectivity index (χ0v) is 8.10. The topological polar surface area (TPSA) is 32.3 Å². The van der Waals surface area contributed by atoms with E-state index in [0.717, 1.165) is 13.0 Å². The van der Waals surface area contributed by atoms with Gasteiger partial charge in [0.15, 0.2) is 0 Å². The van der Waals surface area contributed by atoms with Crippen LogP contribution >= 0.6 is 11.3 Å². The third-order valence-corrected chi connectivity index (χ3v) is 2.64. The number of rotatable bonds is 5.